The number of benzene rings is 1. The number of aromatic nitrogens is 2. The van der Waals surface area contributed by atoms with Gasteiger partial charge in [-0.05, 0) is 37.1 Å². The third-order valence-corrected chi connectivity index (χ3v) is 3.18. The van der Waals surface area contributed by atoms with E-state index in [1.165, 1.54) is 16.8 Å². The minimum absolute atomic E-state index is 0.203. The molecule has 0 fully saturated rings. The van der Waals surface area contributed by atoms with Gasteiger partial charge in [0.15, 0.2) is 0 Å². The van der Waals surface area contributed by atoms with Gasteiger partial charge >= 0.3 is 0 Å². The quantitative estimate of drug-likeness (QED) is 0.790. The average Bonchev–Trinajstić information content (AvgIpc) is 2.54. The molecule has 2 aromatic rings. The van der Waals surface area contributed by atoms with Crippen molar-refractivity contribution in [1.82, 2.24) is 15.1 Å². The summed E-state index contributed by atoms with van der Waals surface area (Å²) in [5.41, 5.74) is 1.15. The van der Waals surface area contributed by atoms with Crippen LogP contribution in [0, 0.1) is 6.92 Å². The molecule has 0 radical (unpaired) electrons. The monoisotopic (exact) mass is 315 g/mol. The third-order valence-electron chi connectivity index (χ3n) is 3.18. The molecule has 0 unspecified atom stereocenters. The fraction of sp³-hybridized carbons (Fsp3) is 0.353. The lowest BCUT2D eigenvalue weighted by atomic mass is 10.2. The lowest BCUT2D eigenvalue weighted by molar-refractivity contribution is 0.0939. The Kier molecular flexibility index (Phi) is 5.91. The van der Waals surface area contributed by atoms with Crippen molar-refractivity contribution in [2.75, 3.05) is 13.2 Å². The van der Waals surface area contributed by atoms with E-state index >= 15 is 0 Å². The first-order chi connectivity index (χ1) is 11.1. The smallest absolute Gasteiger partial charge is 0.271 e. The van der Waals surface area contributed by atoms with Gasteiger partial charge in [0.05, 0.1) is 6.54 Å². The molecule has 0 bridgehead atoms. The van der Waals surface area contributed by atoms with Crippen molar-refractivity contribution in [2.24, 2.45) is 0 Å². The van der Waals surface area contributed by atoms with Gasteiger partial charge in [0.1, 0.15) is 18.1 Å². The first-order valence-electron chi connectivity index (χ1n) is 7.66. The maximum Gasteiger partial charge on any atom is 0.271 e. The lowest BCUT2D eigenvalue weighted by Crippen LogP contribution is -2.31. The minimum atomic E-state index is -0.317. The highest BCUT2D eigenvalue weighted by molar-refractivity contribution is 5.91. The van der Waals surface area contributed by atoms with Crippen molar-refractivity contribution >= 4 is 5.91 Å². The van der Waals surface area contributed by atoms with Gasteiger partial charge in [0, 0.05) is 12.6 Å². The van der Waals surface area contributed by atoms with E-state index in [4.69, 9.17) is 4.74 Å². The largest absolute Gasteiger partial charge is 0.492 e. The van der Waals surface area contributed by atoms with E-state index in [1.807, 2.05) is 38.1 Å². The molecule has 122 valence electrons. The molecule has 1 N–H and O–H groups in total. The number of hydrogen-bond donors (Lipinski definition) is 1. The summed E-state index contributed by atoms with van der Waals surface area (Å²) in [4.78, 5) is 23.6. The van der Waals surface area contributed by atoms with Crippen LogP contribution in [-0.2, 0) is 6.54 Å². The summed E-state index contributed by atoms with van der Waals surface area (Å²) in [7, 11) is 0. The Bertz CT molecular complexity index is 725. The van der Waals surface area contributed by atoms with Crippen LogP contribution in [0.15, 0.2) is 41.2 Å². The van der Waals surface area contributed by atoms with E-state index in [2.05, 4.69) is 10.4 Å². The van der Waals surface area contributed by atoms with Crippen molar-refractivity contribution in [2.45, 2.75) is 26.8 Å². The fourth-order valence-electron chi connectivity index (χ4n) is 2.07. The van der Waals surface area contributed by atoms with Crippen molar-refractivity contribution in [3.05, 3.63) is 58.0 Å². The lowest BCUT2D eigenvalue weighted by Gasteiger charge is -2.09. The molecule has 0 saturated carbocycles. The molecule has 2 rings (SSSR count). The second kappa shape index (κ2) is 8.12. The molecule has 1 aromatic carbocycles. The van der Waals surface area contributed by atoms with Crippen LogP contribution in [0.2, 0.25) is 0 Å². The summed E-state index contributed by atoms with van der Waals surface area (Å²) in [6, 6.07) is 10.5. The maximum atomic E-state index is 12.0. The minimum Gasteiger partial charge on any atom is -0.492 e. The Balaban J connectivity index is 1.85. The van der Waals surface area contributed by atoms with E-state index in [-0.39, 0.29) is 17.2 Å². The first kappa shape index (κ1) is 16.7. The molecule has 0 aliphatic heterocycles. The molecule has 0 aliphatic carbocycles. The molecule has 0 spiro atoms. The van der Waals surface area contributed by atoms with Gasteiger partial charge in [0.25, 0.3) is 11.5 Å². The molecule has 1 aromatic heterocycles. The molecule has 6 heteroatoms. The predicted octanol–water partition coefficient (Wildman–Crippen LogP) is 1.77. The number of ether oxygens (including phenoxy) is 1. The van der Waals surface area contributed by atoms with E-state index in [9.17, 15) is 9.59 Å². The van der Waals surface area contributed by atoms with Crippen molar-refractivity contribution in [1.29, 1.82) is 0 Å². The molecule has 0 atom stereocenters. The Labute approximate surface area is 135 Å². The van der Waals surface area contributed by atoms with Gasteiger partial charge < -0.3 is 10.1 Å². The van der Waals surface area contributed by atoms with E-state index in [1.54, 1.807) is 0 Å². The number of carbonyl (C=O) groups is 1. The van der Waals surface area contributed by atoms with Crippen LogP contribution in [0.1, 0.15) is 29.4 Å². The zero-order chi connectivity index (χ0) is 16.7. The Morgan fingerprint density at radius 2 is 2.13 bits per heavy atom. The SMILES string of the molecule is CCCn1nc(C(=O)NCCOc2cccc(C)c2)ccc1=O. The number of nitrogens with zero attached hydrogens (tertiary/aromatic N) is 2. The standard InChI is InChI=1S/C17H21N3O3/c1-3-10-20-16(21)8-7-15(19-20)17(22)18-9-11-23-14-6-4-5-13(2)12-14/h4-8,12H,3,9-11H2,1-2H3,(H,18,22). The van der Waals surface area contributed by atoms with Gasteiger partial charge in [-0.2, -0.15) is 5.10 Å². The summed E-state index contributed by atoms with van der Waals surface area (Å²) >= 11 is 0. The number of hydrogen-bond acceptors (Lipinski definition) is 4. The highest BCUT2D eigenvalue weighted by atomic mass is 16.5. The summed E-state index contributed by atoms with van der Waals surface area (Å²) in [5.74, 6) is 0.455. The predicted molar refractivity (Wildman–Crippen MR) is 87.8 cm³/mol. The Morgan fingerprint density at radius 3 is 2.87 bits per heavy atom. The molecule has 23 heavy (non-hydrogen) atoms. The van der Waals surface area contributed by atoms with Crippen LogP contribution in [-0.4, -0.2) is 28.8 Å². The summed E-state index contributed by atoms with van der Waals surface area (Å²) < 4.78 is 6.87. The van der Waals surface area contributed by atoms with Crippen molar-refractivity contribution < 1.29 is 9.53 Å². The molecule has 1 heterocycles. The highest BCUT2D eigenvalue weighted by Crippen LogP contribution is 2.11. The molecule has 0 saturated heterocycles. The number of amides is 1. The number of rotatable bonds is 7. The number of carbonyl (C=O) groups excluding carboxylic acids is 1. The second-order valence-electron chi connectivity index (χ2n) is 5.20. The van der Waals surface area contributed by atoms with Gasteiger partial charge in [-0.15, -0.1) is 0 Å². The van der Waals surface area contributed by atoms with E-state index in [0.29, 0.717) is 19.7 Å². The zero-order valence-corrected chi connectivity index (χ0v) is 13.4. The van der Waals surface area contributed by atoms with Crippen LogP contribution in [0.3, 0.4) is 0 Å². The third kappa shape index (κ3) is 4.95. The van der Waals surface area contributed by atoms with E-state index in [0.717, 1.165) is 17.7 Å². The molecular weight excluding hydrogens is 294 g/mol. The van der Waals surface area contributed by atoms with E-state index < -0.39 is 0 Å². The Hall–Kier alpha value is -2.63. The zero-order valence-electron chi connectivity index (χ0n) is 13.4. The van der Waals surface area contributed by atoms with Gasteiger partial charge in [-0.25, -0.2) is 4.68 Å². The average molecular weight is 315 g/mol. The summed E-state index contributed by atoms with van der Waals surface area (Å²) in [6.07, 6.45) is 0.780. The highest BCUT2D eigenvalue weighted by Gasteiger charge is 2.08. The fourth-order valence-corrected chi connectivity index (χ4v) is 2.07. The number of aryl methyl sites for hydroxylation is 2. The van der Waals surface area contributed by atoms with Crippen LogP contribution in [0.4, 0.5) is 0 Å². The van der Waals surface area contributed by atoms with Crippen LogP contribution >= 0.6 is 0 Å². The summed E-state index contributed by atoms with van der Waals surface area (Å²) in [5, 5.41) is 6.79. The van der Waals surface area contributed by atoms with Gasteiger partial charge in [0.2, 0.25) is 0 Å². The second-order valence-corrected chi connectivity index (χ2v) is 5.20. The molecule has 6 nitrogen and oxygen atoms in total. The Morgan fingerprint density at radius 1 is 1.30 bits per heavy atom. The van der Waals surface area contributed by atoms with Crippen LogP contribution in [0.25, 0.3) is 0 Å². The van der Waals surface area contributed by atoms with Crippen molar-refractivity contribution in [3.63, 3.8) is 0 Å². The molecular formula is C17H21N3O3. The van der Waals surface area contributed by atoms with Crippen LogP contribution < -0.4 is 15.6 Å². The van der Waals surface area contributed by atoms with Crippen molar-refractivity contribution in [3.8, 4) is 5.75 Å². The molecule has 0 aliphatic rings. The normalized spacial score (nSPS) is 10.3. The first-order valence-corrected chi connectivity index (χ1v) is 7.66. The summed E-state index contributed by atoms with van der Waals surface area (Å²) in [6.45, 7) is 5.16. The topological polar surface area (TPSA) is 73.2 Å². The van der Waals surface area contributed by atoms with Gasteiger partial charge in [-0.3, -0.25) is 9.59 Å². The maximum absolute atomic E-state index is 12.0. The van der Waals surface area contributed by atoms with Crippen LogP contribution in [0.5, 0.6) is 5.75 Å². The number of nitrogens with one attached hydrogen (secondary N) is 1. The van der Waals surface area contributed by atoms with Gasteiger partial charge in [-0.1, -0.05) is 19.1 Å². The molecule has 1 amide bonds.